The Hall–Kier alpha value is -2.51. The molecule has 0 bridgehead atoms. The Kier molecular flexibility index (Phi) is 8.66. The number of nitrogens with zero attached hydrogens (tertiary/aromatic N) is 1. The third-order valence-corrected chi connectivity index (χ3v) is 8.44. The lowest BCUT2D eigenvalue weighted by molar-refractivity contribution is -0.127. The van der Waals surface area contributed by atoms with Crippen LogP contribution in [0.1, 0.15) is 74.5 Å². The number of hydrogen-bond acceptors (Lipinski definition) is 4. The highest BCUT2D eigenvalue weighted by atomic mass is 32.2. The molecular formula is C27H36N2O4S. The molecule has 1 fully saturated rings. The van der Waals surface area contributed by atoms with E-state index in [1.165, 1.54) is 28.9 Å². The molecule has 1 heterocycles. The van der Waals surface area contributed by atoms with Crippen LogP contribution in [0, 0.1) is 11.8 Å². The molecule has 0 radical (unpaired) electrons. The highest BCUT2D eigenvalue weighted by Crippen LogP contribution is 2.27. The van der Waals surface area contributed by atoms with Gasteiger partial charge in [-0.3, -0.25) is 9.59 Å². The average Bonchev–Trinajstić information content (AvgIpc) is 2.83. The first kappa shape index (κ1) is 26.1. The Morgan fingerprint density at radius 3 is 2.26 bits per heavy atom. The summed E-state index contributed by atoms with van der Waals surface area (Å²) in [7, 11) is -3.71. The van der Waals surface area contributed by atoms with Crippen LogP contribution in [0.3, 0.4) is 0 Å². The van der Waals surface area contributed by atoms with Crippen molar-refractivity contribution in [2.45, 2.75) is 64.3 Å². The van der Waals surface area contributed by atoms with Crippen molar-refractivity contribution in [1.82, 2.24) is 9.62 Å². The van der Waals surface area contributed by atoms with Crippen molar-refractivity contribution in [3.05, 3.63) is 65.2 Å². The maximum absolute atomic E-state index is 13.1. The number of Topliss-reactive ketones (excluding diaryl/α,β-unsaturated/α-hetero) is 1. The third kappa shape index (κ3) is 6.13. The van der Waals surface area contributed by atoms with Gasteiger partial charge in [0.05, 0.1) is 10.9 Å². The Labute approximate surface area is 203 Å². The Bertz CT molecular complexity index is 1100. The number of rotatable bonds is 9. The van der Waals surface area contributed by atoms with Gasteiger partial charge in [-0.15, -0.1) is 0 Å². The predicted octanol–water partition coefficient (Wildman–Crippen LogP) is 4.76. The summed E-state index contributed by atoms with van der Waals surface area (Å²) in [4.78, 5) is 24.9. The van der Waals surface area contributed by atoms with Crippen molar-refractivity contribution in [3.63, 3.8) is 0 Å². The van der Waals surface area contributed by atoms with Crippen LogP contribution in [-0.2, 0) is 21.2 Å². The van der Waals surface area contributed by atoms with Crippen molar-refractivity contribution in [3.8, 4) is 0 Å². The zero-order valence-electron chi connectivity index (χ0n) is 20.6. The molecule has 1 saturated heterocycles. The molecule has 1 aliphatic heterocycles. The maximum Gasteiger partial charge on any atom is 0.243 e. The Morgan fingerprint density at radius 1 is 1.06 bits per heavy atom. The van der Waals surface area contributed by atoms with Gasteiger partial charge in [-0.25, -0.2) is 8.42 Å². The molecule has 184 valence electrons. The third-order valence-electron chi connectivity index (χ3n) is 6.54. The molecule has 2 aromatic carbocycles. The zero-order chi connectivity index (χ0) is 24.9. The summed E-state index contributed by atoms with van der Waals surface area (Å²) >= 11 is 0. The minimum absolute atomic E-state index is 0.0213. The Morgan fingerprint density at radius 2 is 1.71 bits per heavy atom. The second-order valence-corrected chi connectivity index (χ2v) is 11.4. The largest absolute Gasteiger partial charge is 0.349 e. The SMILES string of the molecule is CCCc1ccc(C(NC(=O)C2CCN(S(=O)(=O)c3cccc(C(C)=O)c3)CC2)C(C)C)cc1. The van der Waals surface area contributed by atoms with E-state index in [1.54, 1.807) is 12.1 Å². The van der Waals surface area contributed by atoms with Crippen molar-refractivity contribution >= 4 is 21.7 Å². The normalized spacial score (nSPS) is 16.4. The Balaban J connectivity index is 1.64. The van der Waals surface area contributed by atoms with Gasteiger partial charge in [-0.05, 0) is 55.4 Å². The molecule has 0 spiro atoms. The van der Waals surface area contributed by atoms with E-state index < -0.39 is 10.0 Å². The molecule has 2 aromatic rings. The fraction of sp³-hybridized carbons (Fsp3) is 0.481. The summed E-state index contributed by atoms with van der Waals surface area (Å²) in [6, 6.07) is 14.5. The quantitative estimate of drug-likeness (QED) is 0.521. The highest BCUT2D eigenvalue weighted by Gasteiger charge is 2.33. The van der Waals surface area contributed by atoms with Crippen LogP contribution < -0.4 is 5.32 Å². The number of nitrogens with one attached hydrogen (secondary N) is 1. The lowest BCUT2D eigenvalue weighted by atomic mass is 9.92. The first-order chi connectivity index (χ1) is 16.1. The maximum atomic E-state index is 13.1. The van der Waals surface area contributed by atoms with E-state index in [2.05, 4.69) is 50.4 Å². The van der Waals surface area contributed by atoms with Crippen LogP contribution in [0.25, 0.3) is 0 Å². The lowest BCUT2D eigenvalue weighted by Gasteiger charge is -2.32. The fourth-order valence-corrected chi connectivity index (χ4v) is 5.99. The zero-order valence-corrected chi connectivity index (χ0v) is 21.4. The molecule has 1 N–H and O–H groups in total. The summed E-state index contributed by atoms with van der Waals surface area (Å²) in [6.07, 6.45) is 3.08. The van der Waals surface area contributed by atoms with E-state index in [4.69, 9.17) is 0 Å². The minimum Gasteiger partial charge on any atom is -0.349 e. The van der Waals surface area contributed by atoms with Crippen LogP contribution >= 0.6 is 0 Å². The van der Waals surface area contributed by atoms with E-state index in [1.807, 2.05) is 0 Å². The number of amides is 1. The van der Waals surface area contributed by atoms with Gasteiger partial charge in [0.1, 0.15) is 0 Å². The van der Waals surface area contributed by atoms with Crippen molar-refractivity contribution in [2.75, 3.05) is 13.1 Å². The van der Waals surface area contributed by atoms with Gasteiger partial charge in [-0.2, -0.15) is 4.31 Å². The smallest absolute Gasteiger partial charge is 0.243 e. The van der Waals surface area contributed by atoms with Gasteiger partial charge in [0.2, 0.25) is 15.9 Å². The van der Waals surface area contributed by atoms with Gasteiger partial charge >= 0.3 is 0 Å². The van der Waals surface area contributed by atoms with E-state index in [0.29, 0.717) is 18.4 Å². The van der Waals surface area contributed by atoms with Crippen LogP contribution in [0.2, 0.25) is 0 Å². The van der Waals surface area contributed by atoms with Crippen LogP contribution in [0.5, 0.6) is 0 Å². The minimum atomic E-state index is -3.71. The fourth-order valence-electron chi connectivity index (χ4n) is 4.47. The average molecular weight is 485 g/mol. The molecule has 34 heavy (non-hydrogen) atoms. The lowest BCUT2D eigenvalue weighted by Crippen LogP contribution is -2.44. The molecule has 3 rings (SSSR count). The number of hydrogen-bond donors (Lipinski definition) is 1. The topological polar surface area (TPSA) is 83.6 Å². The molecule has 0 aromatic heterocycles. The predicted molar refractivity (Wildman–Crippen MR) is 134 cm³/mol. The first-order valence-electron chi connectivity index (χ1n) is 12.1. The molecule has 1 aliphatic rings. The molecule has 0 aliphatic carbocycles. The van der Waals surface area contributed by atoms with E-state index in [-0.39, 0.29) is 47.6 Å². The van der Waals surface area contributed by atoms with E-state index in [0.717, 1.165) is 18.4 Å². The van der Waals surface area contributed by atoms with Gasteiger partial charge in [-0.1, -0.05) is 63.6 Å². The van der Waals surface area contributed by atoms with Crippen molar-refractivity contribution < 1.29 is 18.0 Å². The van der Waals surface area contributed by atoms with Gasteiger partial charge in [0.15, 0.2) is 5.78 Å². The number of carbonyl (C=O) groups is 2. The summed E-state index contributed by atoms with van der Waals surface area (Å²) in [6.45, 7) is 8.32. The van der Waals surface area contributed by atoms with Crippen LogP contribution in [0.15, 0.2) is 53.4 Å². The molecule has 1 unspecified atom stereocenters. The molecule has 1 amide bonds. The van der Waals surface area contributed by atoms with Gasteiger partial charge in [0.25, 0.3) is 0 Å². The second-order valence-electron chi connectivity index (χ2n) is 9.48. The monoisotopic (exact) mass is 484 g/mol. The molecule has 1 atom stereocenters. The molecule has 7 heteroatoms. The molecular weight excluding hydrogens is 448 g/mol. The summed E-state index contributed by atoms with van der Waals surface area (Å²) in [5.41, 5.74) is 2.76. The first-order valence-corrected chi connectivity index (χ1v) is 13.6. The molecule has 0 saturated carbocycles. The van der Waals surface area contributed by atoms with Gasteiger partial charge in [0, 0.05) is 24.6 Å². The summed E-state index contributed by atoms with van der Waals surface area (Å²) in [5, 5.41) is 3.21. The number of ketones is 1. The van der Waals surface area contributed by atoms with E-state index >= 15 is 0 Å². The van der Waals surface area contributed by atoms with Crippen molar-refractivity contribution in [2.24, 2.45) is 11.8 Å². The number of aryl methyl sites for hydroxylation is 1. The van der Waals surface area contributed by atoms with E-state index in [9.17, 15) is 18.0 Å². The number of carbonyl (C=O) groups excluding carboxylic acids is 2. The standard InChI is InChI=1S/C27H36N2O4S/c1-5-7-21-10-12-22(13-11-21)26(19(2)3)28-27(31)23-14-16-29(17-15-23)34(32,33)25-9-6-8-24(18-25)20(4)30/h6,8-13,18-19,23,26H,5,7,14-17H2,1-4H3,(H,28,31). The van der Waals surface area contributed by atoms with Crippen LogP contribution in [-0.4, -0.2) is 37.5 Å². The second kappa shape index (κ2) is 11.3. The number of benzene rings is 2. The summed E-state index contributed by atoms with van der Waals surface area (Å²) in [5.74, 6) is -0.190. The number of sulfonamides is 1. The van der Waals surface area contributed by atoms with Crippen LogP contribution in [0.4, 0.5) is 0 Å². The highest BCUT2D eigenvalue weighted by molar-refractivity contribution is 7.89. The number of piperidine rings is 1. The molecule has 6 nitrogen and oxygen atoms in total. The summed E-state index contributed by atoms with van der Waals surface area (Å²) < 4.78 is 27.6. The van der Waals surface area contributed by atoms with Gasteiger partial charge < -0.3 is 5.32 Å². The van der Waals surface area contributed by atoms with Crippen molar-refractivity contribution in [1.29, 1.82) is 0 Å².